The third kappa shape index (κ3) is 6.62. The molecule has 4 nitrogen and oxygen atoms in total. The molecule has 0 saturated carbocycles. The molecule has 0 heterocycles. The van der Waals surface area contributed by atoms with Crippen LogP contribution in [0.4, 0.5) is 0 Å². The average molecular weight is 259 g/mol. The van der Waals surface area contributed by atoms with Gasteiger partial charge in [0, 0.05) is 12.1 Å². The van der Waals surface area contributed by atoms with Crippen LogP contribution in [0.2, 0.25) is 0 Å². The smallest absolute Gasteiger partial charge is 0.312 e. The first-order valence-corrected chi connectivity index (χ1v) is 6.84. The second-order valence-corrected chi connectivity index (χ2v) is 4.59. The Labute approximate surface area is 111 Å². The number of hydrogen-bond donors (Lipinski definition) is 1. The Kier molecular flexibility index (Phi) is 10.6. The predicted molar refractivity (Wildman–Crippen MR) is 74.5 cm³/mol. The minimum absolute atomic E-state index is 0.0378. The van der Waals surface area contributed by atoms with Crippen LogP contribution < -0.4 is 0 Å². The zero-order chi connectivity index (χ0) is 14.9. The van der Waals surface area contributed by atoms with E-state index < -0.39 is 12.4 Å². The third-order valence-corrected chi connectivity index (χ3v) is 3.05. The highest BCUT2D eigenvalue weighted by atomic mass is 16.4. The fourth-order valence-electron chi connectivity index (χ4n) is 1.82. The number of nitrogens with zero attached hydrogens (tertiary/aromatic N) is 1. The summed E-state index contributed by atoms with van der Waals surface area (Å²) in [4.78, 5) is 24.0. The first kappa shape index (κ1) is 19.3. The SMILES string of the molecule is CC.CCC(C)C(C)N(C(=O)CC(=O)O)C(C)C. The quantitative estimate of drug-likeness (QED) is 0.745. The highest BCUT2D eigenvalue weighted by Gasteiger charge is 2.27. The van der Waals surface area contributed by atoms with Crippen molar-refractivity contribution < 1.29 is 14.7 Å². The van der Waals surface area contributed by atoms with Gasteiger partial charge in [0.2, 0.25) is 5.91 Å². The Balaban J connectivity index is 0. The highest BCUT2D eigenvalue weighted by Crippen LogP contribution is 2.18. The molecule has 4 heteroatoms. The maximum atomic E-state index is 11.8. The van der Waals surface area contributed by atoms with E-state index in [-0.39, 0.29) is 18.0 Å². The van der Waals surface area contributed by atoms with Crippen LogP contribution in [0, 0.1) is 5.92 Å². The van der Waals surface area contributed by atoms with E-state index >= 15 is 0 Å². The molecule has 0 saturated heterocycles. The van der Waals surface area contributed by atoms with Crippen molar-refractivity contribution in [1.29, 1.82) is 0 Å². The number of rotatable bonds is 6. The van der Waals surface area contributed by atoms with Crippen molar-refractivity contribution >= 4 is 11.9 Å². The Morgan fingerprint density at radius 1 is 1.11 bits per heavy atom. The molecule has 1 N–H and O–H groups in total. The van der Waals surface area contributed by atoms with Gasteiger partial charge in [-0.2, -0.15) is 0 Å². The van der Waals surface area contributed by atoms with Crippen LogP contribution in [0.5, 0.6) is 0 Å². The van der Waals surface area contributed by atoms with E-state index in [9.17, 15) is 9.59 Å². The van der Waals surface area contributed by atoms with Crippen molar-refractivity contribution in [3.05, 3.63) is 0 Å². The van der Waals surface area contributed by atoms with E-state index in [4.69, 9.17) is 5.11 Å². The molecule has 0 rings (SSSR count). The summed E-state index contributed by atoms with van der Waals surface area (Å²) >= 11 is 0. The van der Waals surface area contributed by atoms with Crippen molar-refractivity contribution in [3.8, 4) is 0 Å². The fraction of sp³-hybridized carbons (Fsp3) is 0.857. The second kappa shape index (κ2) is 9.92. The third-order valence-electron chi connectivity index (χ3n) is 3.05. The van der Waals surface area contributed by atoms with Gasteiger partial charge in [0.25, 0.3) is 0 Å². The van der Waals surface area contributed by atoms with Gasteiger partial charge in [0.05, 0.1) is 0 Å². The van der Waals surface area contributed by atoms with Gasteiger partial charge in [-0.3, -0.25) is 9.59 Å². The first-order chi connectivity index (χ1) is 8.31. The summed E-state index contributed by atoms with van der Waals surface area (Å²) in [6, 6.07) is 0.118. The first-order valence-electron chi connectivity index (χ1n) is 6.84. The van der Waals surface area contributed by atoms with Crippen LogP contribution in [0.3, 0.4) is 0 Å². The zero-order valence-electron chi connectivity index (χ0n) is 12.9. The van der Waals surface area contributed by atoms with Crippen molar-refractivity contribution in [3.63, 3.8) is 0 Å². The summed E-state index contributed by atoms with van der Waals surface area (Å²) in [6.07, 6.45) is 0.559. The molecule has 0 bridgehead atoms. The van der Waals surface area contributed by atoms with Crippen LogP contribution in [-0.2, 0) is 9.59 Å². The number of carbonyl (C=O) groups is 2. The number of carboxylic acid groups (broad SMARTS) is 1. The number of hydrogen-bond acceptors (Lipinski definition) is 2. The van der Waals surface area contributed by atoms with Crippen LogP contribution in [0.15, 0.2) is 0 Å². The number of aliphatic carboxylic acids is 1. The zero-order valence-corrected chi connectivity index (χ0v) is 12.9. The van der Waals surface area contributed by atoms with E-state index in [1.54, 1.807) is 4.90 Å². The Bertz CT molecular complexity index is 251. The Morgan fingerprint density at radius 3 is 1.83 bits per heavy atom. The molecular weight excluding hydrogens is 230 g/mol. The molecule has 0 radical (unpaired) electrons. The van der Waals surface area contributed by atoms with E-state index in [1.807, 2.05) is 34.6 Å². The van der Waals surface area contributed by atoms with Gasteiger partial charge in [-0.1, -0.05) is 34.1 Å². The molecule has 0 aliphatic heterocycles. The van der Waals surface area contributed by atoms with Gasteiger partial charge in [-0.15, -0.1) is 0 Å². The van der Waals surface area contributed by atoms with Gasteiger partial charge in [-0.05, 0) is 26.7 Å². The highest BCUT2D eigenvalue weighted by molar-refractivity contribution is 5.93. The molecule has 0 aliphatic rings. The molecule has 0 spiro atoms. The van der Waals surface area contributed by atoms with Gasteiger partial charge in [0.1, 0.15) is 6.42 Å². The van der Waals surface area contributed by atoms with E-state index in [2.05, 4.69) is 13.8 Å². The van der Waals surface area contributed by atoms with Crippen molar-refractivity contribution in [1.82, 2.24) is 4.90 Å². The molecule has 108 valence electrons. The molecule has 0 fully saturated rings. The van der Waals surface area contributed by atoms with Crippen LogP contribution >= 0.6 is 0 Å². The normalized spacial score (nSPS) is 13.3. The predicted octanol–water partition coefficient (Wildman–Crippen LogP) is 3.16. The molecular formula is C14H29NO3. The number of carbonyl (C=O) groups excluding carboxylic acids is 1. The topological polar surface area (TPSA) is 57.6 Å². The molecule has 0 aromatic heterocycles. The lowest BCUT2D eigenvalue weighted by Gasteiger charge is -2.36. The maximum Gasteiger partial charge on any atom is 0.312 e. The summed E-state index contributed by atoms with van der Waals surface area (Å²) in [5, 5.41) is 8.64. The van der Waals surface area contributed by atoms with Crippen molar-refractivity contribution in [2.75, 3.05) is 0 Å². The van der Waals surface area contributed by atoms with E-state index in [0.29, 0.717) is 5.92 Å². The lowest BCUT2D eigenvalue weighted by atomic mass is 9.98. The molecule has 2 atom stereocenters. The summed E-state index contributed by atoms with van der Waals surface area (Å²) in [7, 11) is 0. The lowest BCUT2D eigenvalue weighted by Crippen LogP contribution is -2.46. The number of amides is 1. The summed E-state index contributed by atoms with van der Waals surface area (Å²) < 4.78 is 0. The van der Waals surface area contributed by atoms with Crippen LogP contribution in [0.25, 0.3) is 0 Å². The minimum atomic E-state index is -1.06. The fourth-order valence-corrected chi connectivity index (χ4v) is 1.82. The average Bonchev–Trinajstić information content (AvgIpc) is 2.29. The van der Waals surface area contributed by atoms with Gasteiger partial charge in [-0.25, -0.2) is 0 Å². The molecule has 18 heavy (non-hydrogen) atoms. The summed E-state index contributed by atoms with van der Waals surface area (Å²) in [6.45, 7) is 14.0. The minimum Gasteiger partial charge on any atom is -0.481 e. The Hall–Kier alpha value is -1.06. The van der Waals surface area contributed by atoms with Crippen molar-refractivity contribution in [2.45, 2.75) is 73.4 Å². The van der Waals surface area contributed by atoms with Crippen LogP contribution in [0.1, 0.15) is 61.3 Å². The molecule has 1 amide bonds. The Morgan fingerprint density at radius 2 is 1.56 bits per heavy atom. The van der Waals surface area contributed by atoms with Crippen molar-refractivity contribution in [2.24, 2.45) is 5.92 Å². The van der Waals surface area contributed by atoms with Gasteiger partial charge < -0.3 is 10.0 Å². The van der Waals surface area contributed by atoms with Crippen LogP contribution in [-0.4, -0.2) is 34.0 Å². The molecule has 0 aromatic carbocycles. The molecule has 2 unspecified atom stereocenters. The largest absolute Gasteiger partial charge is 0.481 e. The maximum absolute atomic E-state index is 11.8. The summed E-state index contributed by atoms with van der Waals surface area (Å²) in [5.41, 5.74) is 0. The van der Waals surface area contributed by atoms with E-state index in [0.717, 1.165) is 6.42 Å². The van der Waals surface area contributed by atoms with Gasteiger partial charge >= 0.3 is 5.97 Å². The standard InChI is InChI=1S/C12H23NO3.C2H6/c1-6-9(4)10(5)13(8(2)3)11(14)7-12(15)16;1-2/h8-10H,6-7H2,1-5H3,(H,15,16);1-2H3. The van der Waals surface area contributed by atoms with E-state index in [1.165, 1.54) is 0 Å². The summed E-state index contributed by atoms with van der Waals surface area (Å²) in [5.74, 6) is -0.984. The monoisotopic (exact) mass is 259 g/mol. The van der Waals surface area contributed by atoms with Gasteiger partial charge in [0.15, 0.2) is 0 Å². The second-order valence-electron chi connectivity index (χ2n) is 4.59. The lowest BCUT2D eigenvalue weighted by molar-refractivity contribution is -0.146. The molecule has 0 aliphatic carbocycles. The number of carboxylic acids is 1. The molecule has 0 aromatic rings.